The van der Waals surface area contributed by atoms with Crippen molar-refractivity contribution >= 4 is 11.6 Å². The minimum Gasteiger partial charge on any atom is -0.490 e. The second kappa shape index (κ2) is 5.97. The van der Waals surface area contributed by atoms with Gasteiger partial charge in [0.05, 0.1) is 12.3 Å². The van der Waals surface area contributed by atoms with Gasteiger partial charge in [-0.1, -0.05) is 12.1 Å². The topological polar surface area (TPSA) is 87.6 Å². The van der Waals surface area contributed by atoms with Crippen LogP contribution in [0.1, 0.15) is 17.3 Å². The molecule has 104 valence electrons. The van der Waals surface area contributed by atoms with E-state index in [0.717, 1.165) is 0 Å². The van der Waals surface area contributed by atoms with Crippen molar-refractivity contribution < 1.29 is 14.3 Å². The summed E-state index contributed by atoms with van der Waals surface area (Å²) in [4.78, 5) is 11.2. The van der Waals surface area contributed by atoms with Crippen LogP contribution in [0, 0.1) is 0 Å². The number of carbonyl (C=O) groups is 1. The van der Waals surface area contributed by atoms with E-state index in [0.29, 0.717) is 35.1 Å². The lowest BCUT2D eigenvalue weighted by atomic mass is 10.2. The van der Waals surface area contributed by atoms with Gasteiger partial charge >= 0.3 is 0 Å². The predicted octanol–water partition coefficient (Wildman–Crippen LogP) is 2.56. The Kier molecular flexibility index (Phi) is 4.10. The van der Waals surface area contributed by atoms with Crippen molar-refractivity contribution in [3.8, 4) is 17.2 Å². The number of nitrogen functional groups attached to an aromatic ring is 1. The van der Waals surface area contributed by atoms with Crippen molar-refractivity contribution in [3.05, 3.63) is 48.0 Å². The number of benzene rings is 2. The molecular formula is C15H16N2O3. The quantitative estimate of drug-likeness (QED) is 0.819. The summed E-state index contributed by atoms with van der Waals surface area (Å²) in [6, 6.07) is 11.9. The molecule has 0 atom stereocenters. The summed E-state index contributed by atoms with van der Waals surface area (Å²) >= 11 is 0. The third-order valence-electron chi connectivity index (χ3n) is 2.67. The predicted molar refractivity (Wildman–Crippen MR) is 77.1 cm³/mol. The molecule has 4 N–H and O–H groups in total. The lowest BCUT2D eigenvalue weighted by Gasteiger charge is -2.13. The van der Waals surface area contributed by atoms with Crippen LogP contribution in [0.4, 0.5) is 5.69 Å². The Hall–Kier alpha value is -2.69. The van der Waals surface area contributed by atoms with E-state index < -0.39 is 5.91 Å². The molecule has 0 aliphatic heterocycles. The first-order valence-corrected chi connectivity index (χ1v) is 6.21. The molecule has 0 bridgehead atoms. The minimum absolute atomic E-state index is 0.336. The average molecular weight is 272 g/mol. The molecule has 2 aromatic rings. The monoisotopic (exact) mass is 272 g/mol. The summed E-state index contributed by atoms with van der Waals surface area (Å²) in [5, 5.41) is 0. The SMILES string of the molecule is CCOc1ccccc1Oc1cc(C(N)=O)ccc1N. The molecule has 0 saturated carbocycles. The normalized spacial score (nSPS) is 10.1. The van der Waals surface area contributed by atoms with Gasteiger partial charge < -0.3 is 20.9 Å². The van der Waals surface area contributed by atoms with E-state index in [1.54, 1.807) is 24.3 Å². The van der Waals surface area contributed by atoms with Crippen molar-refractivity contribution in [3.63, 3.8) is 0 Å². The molecule has 0 unspecified atom stereocenters. The average Bonchev–Trinajstić information content (AvgIpc) is 2.43. The van der Waals surface area contributed by atoms with Crippen molar-refractivity contribution in [2.75, 3.05) is 12.3 Å². The molecule has 0 saturated heterocycles. The molecule has 0 aliphatic carbocycles. The van der Waals surface area contributed by atoms with Crippen LogP contribution in [-0.4, -0.2) is 12.5 Å². The van der Waals surface area contributed by atoms with Crippen LogP contribution in [-0.2, 0) is 0 Å². The van der Waals surface area contributed by atoms with E-state index in [4.69, 9.17) is 20.9 Å². The molecular weight excluding hydrogens is 256 g/mol. The van der Waals surface area contributed by atoms with E-state index in [2.05, 4.69) is 0 Å². The number of rotatable bonds is 5. The van der Waals surface area contributed by atoms with Crippen LogP contribution in [0.3, 0.4) is 0 Å². The molecule has 0 spiro atoms. The number of amides is 1. The van der Waals surface area contributed by atoms with Crippen LogP contribution in [0.2, 0.25) is 0 Å². The first-order chi connectivity index (χ1) is 9.61. The summed E-state index contributed by atoms with van der Waals surface area (Å²) in [6.45, 7) is 2.41. The number of anilines is 1. The Morgan fingerprint density at radius 1 is 1.10 bits per heavy atom. The molecule has 0 radical (unpaired) electrons. The minimum atomic E-state index is -0.534. The zero-order chi connectivity index (χ0) is 14.5. The molecule has 0 heterocycles. The number of ether oxygens (including phenoxy) is 2. The maximum absolute atomic E-state index is 11.2. The standard InChI is InChI=1S/C15H16N2O3/c1-2-19-12-5-3-4-6-13(12)20-14-9-10(15(17)18)7-8-11(14)16/h3-9H,2,16H2,1H3,(H2,17,18). The van der Waals surface area contributed by atoms with Crippen molar-refractivity contribution in [2.45, 2.75) is 6.92 Å². The Morgan fingerprint density at radius 3 is 2.45 bits per heavy atom. The second-order valence-corrected chi connectivity index (χ2v) is 4.10. The zero-order valence-corrected chi connectivity index (χ0v) is 11.1. The lowest BCUT2D eigenvalue weighted by molar-refractivity contribution is 0.1000. The van der Waals surface area contributed by atoms with Gasteiger partial charge in [-0.25, -0.2) is 0 Å². The van der Waals surface area contributed by atoms with Gasteiger partial charge in [0, 0.05) is 5.56 Å². The molecule has 1 amide bonds. The summed E-state index contributed by atoms with van der Waals surface area (Å²) < 4.78 is 11.2. The zero-order valence-electron chi connectivity index (χ0n) is 11.1. The maximum atomic E-state index is 11.2. The van der Waals surface area contributed by atoms with Gasteiger partial charge in [-0.15, -0.1) is 0 Å². The van der Waals surface area contributed by atoms with Crippen LogP contribution in [0.15, 0.2) is 42.5 Å². The van der Waals surface area contributed by atoms with Crippen molar-refractivity contribution in [1.29, 1.82) is 0 Å². The van der Waals surface area contributed by atoms with Crippen molar-refractivity contribution in [2.24, 2.45) is 5.73 Å². The Balaban J connectivity index is 2.34. The Morgan fingerprint density at radius 2 is 1.80 bits per heavy atom. The third-order valence-corrected chi connectivity index (χ3v) is 2.67. The highest BCUT2D eigenvalue weighted by atomic mass is 16.5. The first-order valence-electron chi connectivity index (χ1n) is 6.21. The summed E-state index contributed by atoms with van der Waals surface area (Å²) in [5.74, 6) is 0.975. The van der Waals surface area contributed by atoms with Crippen molar-refractivity contribution in [1.82, 2.24) is 0 Å². The molecule has 2 aromatic carbocycles. The fourth-order valence-corrected chi connectivity index (χ4v) is 1.70. The van der Waals surface area contributed by atoms with E-state index in [1.807, 2.05) is 19.1 Å². The lowest BCUT2D eigenvalue weighted by Crippen LogP contribution is -2.11. The van der Waals surface area contributed by atoms with E-state index in [9.17, 15) is 4.79 Å². The number of nitrogens with two attached hydrogens (primary N) is 2. The van der Waals surface area contributed by atoms with Gasteiger partial charge in [0.15, 0.2) is 17.2 Å². The van der Waals surface area contributed by atoms with E-state index in [-0.39, 0.29) is 0 Å². The molecule has 0 fully saturated rings. The van der Waals surface area contributed by atoms with Crippen LogP contribution < -0.4 is 20.9 Å². The Labute approximate surface area is 117 Å². The fourth-order valence-electron chi connectivity index (χ4n) is 1.70. The number of hydrogen-bond acceptors (Lipinski definition) is 4. The maximum Gasteiger partial charge on any atom is 0.248 e. The van der Waals surface area contributed by atoms with Gasteiger partial charge in [0.25, 0.3) is 0 Å². The van der Waals surface area contributed by atoms with Gasteiger partial charge in [-0.3, -0.25) is 4.79 Å². The third kappa shape index (κ3) is 3.00. The number of carbonyl (C=O) groups excluding carboxylic acids is 1. The molecule has 20 heavy (non-hydrogen) atoms. The molecule has 2 rings (SSSR count). The molecule has 0 aromatic heterocycles. The summed E-state index contributed by atoms with van der Waals surface area (Å²) in [6.07, 6.45) is 0. The highest BCUT2D eigenvalue weighted by Crippen LogP contribution is 2.34. The van der Waals surface area contributed by atoms with E-state index in [1.165, 1.54) is 6.07 Å². The fraction of sp³-hybridized carbons (Fsp3) is 0.133. The first kappa shape index (κ1) is 13.7. The van der Waals surface area contributed by atoms with Gasteiger partial charge in [-0.05, 0) is 37.3 Å². The molecule has 5 nitrogen and oxygen atoms in total. The smallest absolute Gasteiger partial charge is 0.248 e. The second-order valence-electron chi connectivity index (χ2n) is 4.10. The van der Waals surface area contributed by atoms with Gasteiger partial charge in [-0.2, -0.15) is 0 Å². The van der Waals surface area contributed by atoms with Gasteiger partial charge in [0.2, 0.25) is 5.91 Å². The largest absolute Gasteiger partial charge is 0.490 e. The molecule has 0 aliphatic rings. The highest BCUT2D eigenvalue weighted by Gasteiger charge is 2.10. The highest BCUT2D eigenvalue weighted by molar-refractivity contribution is 5.93. The number of hydrogen-bond donors (Lipinski definition) is 2. The van der Waals surface area contributed by atoms with Crippen LogP contribution in [0.25, 0.3) is 0 Å². The molecule has 5 heteroatoms. The van der Waals surface area contributed by atoms with Gasteiger partial charge in [0.1, 0.15) is 0 Å². The van der Waals surface area contributed by atoms with Crippen LogP contribution >= 0.6 is 0 Å². The number of primary amides is 1. The summed E-state index contributed by atoms with van der Waals surface area (Å²) in [7, 11) is 0. The Bertz CT molecular complexity index is 626. The summed E-state index contributed by atoms with van der Waals surface area (Å²) in [5.41, 5.74) is 11.8. The van der Waals surface area contributed by atoms with Crippen LogP contribution in [0.5, 0.6) is 17.2 Å². The van der Waals surface area contributed by atoms with E-state index >= 15 is 0 Å². The number of para-hydroxylation sites is 2.